The minimum Gasteiger partial charge on any atom is -0.497 e. The maximum atomic E-state index is 13.5. The number of hydrogen-bond acceptors (Lipinski definition) is 6. The number of hydrazone groups is 1. The third-order valence-electron chi connectivity index (χ3n) is 6.48. The van der Waals surface area contributed by atoms with Gasteiger partial charge in [-0.25, -0.2) is 9.99 Å². The van der Waals surface area contributed by atoms with Crippen LogP contribution in [0, 0.1) is 0 Å². The van der Waals surface area contributed by atoms with Gasteiger partial charge in [0, 0.05) is 38.8 Å². The summed E-state index contributed by atoms with van der Waals surface area (Å²) < 4.78 is 5.31. The summed E-state index contributed by atoms with van der Waals surface area (Å²) in [5.41, 5.74) is 3.05. The van der Waals surface area contributed by atoms with Crippen molar-refractivity contribution in [3.8, 4) is 5.75 Å². The second-order valence-electron chi connectivity index (χ2n) is 8.60. The number of nitrogens with zero attached hydrogens (tertiary/aromatic N) is 5. The van der Waals surface area contributed by atoms with Crippen molar-refractivity contribution in [3.05, 3.63) is 90.1 Å². The number of pyridine rings is 1. The van der Waals surface area contributed by atoms with Gasteiger partial charge in [-0.15, -0.1) is 0 Å². The summed E-state index contributed by atoms with van der Waals surface area (Å²) in [6.45, 7) is 3.70. The molecule has 0 saturated carbocycles. The van der Waals surface area contributed by atoms with Gasteiger partial charge >= 0.3 is 0 Å². The molecule has 0 N–H and O–H groups in total. The lowest BCUT2D eigenvalue weighted by Gasteiger charge is -2.35. The zero-order chi connectivity index (χ0) is 23.3. The topological polar surface area (TPSA) is 61.3 Å². The lowest BCUT2D eigenvalue weighted by molar-refractivity contribution is -0.134. The number of carbonyl (C=O) groups excluding carboxylic acids is 1. The average Bonchev–Trinajstić information content (AvgIpc) is 3.36. The number of carbonyl (C=O) groups is 1. The normalized spacial score (nSPS) is 18.6. The second kappa shape index (κ2) is 10.1. The first-order valence-corrected chi connectivity index (χ1v) is 11.7. The molecule has 0 spiro atoms. The smallest absolute Gasteiger partial charge is 0.257 e. The van der Waals surface area contributed by atoms with Gasteiger partial charge < -0.3 is 9.64 Å². The Morgan fingerprint density at radius 1 is 0.941 bits per heavy atom. The van der Waals surface area contributed by atoms with Crippen LogP contribution in [0.3, 0.4) is 0 Å². The summed E-state index contributed by atoms with van der Waals surface area (Å²) in [6, 6.07) is 23.9. The van der Waals surface area contributed by atoms with Gasteiger partial charge in [0.05, 0.1) is 25.4 Å². The van der Waals surface area contributed by atoms with Crippen molar-refractivity contribution < 1.29 is 9.53 Å². The van der Waals surface area contributed by atoms with Crippen molar-refractivity contribution in [2.24, 2.45) is 5.10 Å². The Labute approximate surface area is 200 Å². The fourth-order valence-electron chi connectivity index (χ4n) is 4.57. The highest BCUT2D eigenvalue weighted by molar-refractivity contribution is 6.03. The number of benzene rings is 2. The zero-order valence-corrected chi connectivity index (χ0v) is 19.4. The Hall–Kier alpha value is -3.71. The SMILES string of the molecule is COc1ccc([C@@H]2CC(c3ccccc3)=NN2C(=O)CN2CCN(c3ccccn3)CC2)cc1. The van der Waals surface area contributed by atoms with Crippen molar-refractivity contribution in [1.29, 1.82) is 0 Å². The average molecular weight is 456 g/mol. The van der Waals surface area contributed by atoms with Crippen molar-refractivity contribution >= 4 is 17.4 Å². The Balaban J connectivity index is 1.30. The summed E-state index contributed by atoms with van der Waals surface area (Å²) in [5, 5.41) is 6.50. The van der Waals surface area contributed by atoms with Crippen LogP contribution in [0.25, 0.3) is 0 Å². The highest BCUT2D eigenvalue weighted by Gasteiger charge is 2.34. The summed E-state index contributed by atoms with van der Waals surface area (Å²) in [5.74, 6) is 1.82. The van der Waals surface area contributed by atoms with Crippen LogP contribution >= 0.6 is 0 Å². The fourth-order valence-corrected chi connectivity index (χ4v) is 4.57. The van der Waals surface area contributed by atoms with Crippen molar-refractivity contribution in [1.82, 2.24) is 14.9 Å². The van der Waals surface area contributed by atoms with Crippen LogP contribution in [0.4, 0.5) is 5.82 Å². The number of piperazine rings is 1. The van der Waals surface area contributed by atoms with E-state index in [1.165, 1.54) is 0 Å². The maximum Gasteiger partial charge on any atom is 0.257 e. The highest BCUT2D eigenvalue weighted by atomic mass is 16.5. The van der Waals surface area contributed by atoms with Crippen molar-refractivity contribution in [3.63, 3.8) is 0 Å². The van der Waals surface area contributed by atoms with E-state index in [0.29, 0.717) is 13.0 Å². The molecule has 0 radical (unpaired) electrons. The van der Waals surface area contributed by atoms with E-state index < -0.39 is 0 Å². The molecular formula is C27H29N5O2. The Morgan fingerprint density at radius 2 is 1.68 bits per heavy atom. The zero-order valence-electron chi connectivity index (χ0n) is 19.4. The van der Waals surface area contributed by atoms with Crippen LogP contribution in [0.5, 0.6) is 5.75 Å². The minimum atomic E-state index is -0.122. The molecule has 2 aliphatic heterocycles. The molecule has 7 nitrogen and oxygen atoms in total. The number of hydrogen-bond donors (Lipinski definition) is 0. The first-order valence-electron chi connectivity index (χ1n) is 11.7. The maximum absolute atomic E-state index is 13.5. The Kier molecular flexibility index (Phi) is 6.53. The van der Waals surface area contributed by atoms with Gasteiger partial charge in [0.1, 0.15) is 11.6 Å². The molecule has 1 aromatic heterocycles. The summed E-state index contributed by atoms with van der Waals surface area (Å²) in [4.78, 5) is 22.4. The van der Waals surface area contributed by atoms with E-state index in [2.05, 4.69) is 26.9 Å². The van der Waals surface area contributed by atoms with Crippen LogP contribution in [-0.2, 0) is 4.79 Å². The predicted molar refractivity (Wildman–Crippen MR) is 133 cm³/mol. The number of amides is 1. The standard InChI is InChI=1S/C27H29N5O2/c1-34-23-12-10-22(11-13-23)25-19-24(21-7-3-2-4-8-21)29-32(25)27(33)20-30-15-17-31(18-16-30)26-9-5-6-14-28-26/h2-14,25H,15-20H2,1H3/t25-/m0/s1. The van der Waals surface area contributed by atoms with E-state index in [4.69, 9.17) is 9.84 Å². The van der Waals surface area contributed by atoms with Crippen molar-refractivity contribution in [2.75, 3.05) is 44.7 Å². The van der Waals surface area contributed by atoms with Gasteiger partial charge in [0.2, 0.25) is 0 Å². The molecule has 1 fully saturated rings. The van der Waals surface area contributed by atoms with Crippen LogP contribution in [0.1, 0.15) is 23.6 Å². The van der Waals surface area contributed by atoms with Gasteiger partial charge in [0.15, 0.2) is 0 Å². The molecule has 0 bridgehead atoms. The summed E-state index contributed by atoms with van der Waals surface area (Å²) >= 11 is 0. The van der Waals surface area contributed by atoms with E-state index in [9.17, 15) is 4.79 Å². The van der Waals surface area contributed by atoms with Crippen LogP contribution in [-0.4, -0.2) is 66.3 Å². The monoisotopic (exact) mass is 455 g/mol. The van der Waals surface area contributed by atoms with E-state index in [1.807, 2.05) is 66.9 Å². The molecule has 1 amide bonds. The molecule has 1 saturated heterocycles. The van der Waals surface area contributed by atoms with Gasteiger partial charge in [0.25, 0.3) is 5.91 Å². The molecule has 1 atom stereocenters. The van der Waals surface area contributed by atoms with Gasteiger partial charge in [-0.2, -0.15) is 5.10 Å². The van der Waals surface area contributed by atoms with Gasteiger partial charge in [-0.05, 0) is 35.4 Å². The van der Waals surface area contributed by atoms with E-state index >= 15 is 0 Å². The number of aromatic nitrogens is 1. The molecule has 5 rings (SSSR count). The number of anilines is 1. The summed E-state index contributed by atoms with van der Waals surface area (Å²) in [7, 11) is 1.66. The minimum absolute atomic E-state index is 0.0260. The fraction of sp³-hybridized carbons (Fsp3) is 0.296. The van der Waals surface area contributed by atoms with Crippen LogP contribution in [0.2, 0.25) is 0 Å². The lowest BCUT2D eigenvalue weighted by Crippen LogP contribution is -2.49. The molecule has 2 aliphatic rings. The molecular weight excluding hydrogens is 426 g/mol. The second-order valence-corrected chi connectivity index (χ2v) is 8.60. The van der Waals surface area contributed by atoms with Crippen molar-refractivity contribution in [2.45, 2.75) is 12.5 Å². The molecule has 0 aliphatic carbocycles. The first-order chi connectivity index (χ1) is 16.7. The first kappa shape index (κ1) is 22.1. The quantitative estimate of drug-likeness (QED) is 0.569. The lowest BCUT2D eigenvalue weighted by atomic mass is 9.98. The molecule has 34 heavy (non-hydrogen) atoms. The van der Waals surface area contributed by atoms with Gasteiger partial charge in [-0.3, -0.25) is 9.69 Å². The molecule has 0 unspecified atom stereocenters. The highest BCUT2D eigenvalue weighted by Crippen LogP contribution is 2.33. The van der Waals surface area contributed by atoms with Crippen LogP contribution < -0.4 is 9.64 Å². The predicted octanol–water partition coefficient (Wildman–Crippen LogP) is 3.59. The third kappa shape index (κ3) is 4.79. The molecule has 3 heterocycles. The van der Waals surface area contributed by atoms with Crippen LogP contribution in [0.15, 0.2) is 84.1 Å². The van der Waals surface area contributed by atoms with Gasteiger partial charge in [-0.1, -0.05) is 48.5 Å². The third-order valence-corrected chi connectivity index (χ3v) is 6.48. The Morgan fingerprint density at radius 3 is 2.35 bits per heavy atom. The molecule has 2 aromatic carbocycles. The van der Waals surface area contributed by atoms with E-state index in [-0.39, 0.29) is 11.9 Å². The van der Waals surface area contributed by atoms with E-state index in [0.717, 1.165) is 54.6 Å². The number of rotatable bonds is 6. The molecule has 174 valence electrons. The number of methoxy groups -OCH3 is 1. The van der Waals surface area contributed by atoms with E-state index in [1.54, 1.807) is 12.1 Å². The summed E-state index contributed by atoms with van der Waals surface area (Å²) in [6.07, 6.45) is 2.51. The largest absolute Gasteiger partial charge is 0.497 e. The molecule has 7 heteroatoms. The molecule has 3 aromatic rings. The number of ether oxygens (including phenoxy) is 1. The Bertz CT molecular complexity index is 1130.